The lowest BCUT2D eigenvalue weighted by molar-refractivity contribution is -0.122. The molecule has 0 saturated carbocycles. The van der Waals surface area contributed by atoms with E-state index in [0.29, 0.717) is 17.1 Å². The van der Waals surface area contributed by atoms with Crippen molar-refractivity contribution in [3.8, 4) is 11.5 Å². The van der Waals surface area contributed by atoms with Crippen molar-refractivity contribution in [1.29, 1.82) is 0 Å². The van der Waals surface area contributed by atoms with Crippen LogP contribution in [0.15, 0.2) is 42.2 Å². The van der Waals surface area contributed by atoms with Gasteiger partial charge in [0.2, 0.25) is 0 Å². The molecule has 1 aromatic carbocycles. The van der Waals surface area contributed by atoms with Gasteiger partial charge in [-0.05, 0) is 35.9 Å². The van der Waals surface area contributed by atoms with E-state index in [9.17, 15) is 14.4 Å². The molecule has 1 saturated heterocycles. The van der Waals surface area contributed by atoms with Crippen LogP contribution in [0.5, 0.6) is 11.5 Å². The molecule has 1 aliphatic rings. The van der Waals surface area contributed by atoms with Crippen LogP contribution in [0.1, 0.15) is 5.56 Å². The molecule has 0 spiro atoms. The van der Waals surface area contributed by atoms with E-state index in [4.69, 9.17) is 21.1 Å². The molecule has 0 bridgehead atoms. The highest BCUT2D eigenvalue weighted by Gasteiger charge is 2.36. The van der Waals surface area contributed by atoms with Gasteiger partial charge in [-0.15, -0.1) is 0 Å². The minimum Gasteiger partial charge on any atom is -0.493 e. The second-order valence-electron chi connectivity index (χ2n) is 5.40. The van der Waals surface area contributed by atoms with Gasteiger partial charge in [-0.25, -0.2) is 9.69 Å². The number of methoxy groups -OCH3 is 2. The second kappa shape index (κ2) is 7.46. The van der Waals surface area contributed by atoms with Crippen LogP contribution < -0.4 is 19.7 Å². The van der Waals surface area contributed by atoms with E-state index >= 15 is 0 Å². The van der Waals surface area contributed by atoms with Crippen LogP contribution in [0.2, 0.25) is 5.02 Å². The molecular weight excluding hydrogens is 374 g/mol. The van der Waals surface area contributed by atoms with Gasteiger partial charge in [0.15, 0.2) is 11.5 Å². The van der Waals surface area contributed by atoms with E-state index < -0.39 is 17.8 Å². The standard InChI is InChI=1S/C18H14ClN3O5/c1-26-14-9-10(8-13(19)15(14)27-2)7-12-16(23)21-18(25)22(17(12)24)11-3-5-20-6-4-11/h3-9H,1-2H3,(H,21,23,25)/b12-7+. The first-order chi connectivity index (χ1) is 13.0. The van der Waals surface area contributed by atoms with Crippen LogP contribution in [0.25, 0.3) is 6.08 Å². The van der Waals surface area contributed by atoms with Crippen molar-refractivity contribution in [2.24, 2.45) is 0 Å². The first kappa shape index (κ1) is 18.4. The molecule has 27 heavy (non-hydrogen) atoms. The Morgan fingerprint density at radius 2 is 1.81 bits per heavy atom. The number of benzene rings is 1. The minimum atomic E-state index is -0.835. The number of nitrogens with one attached hydrogen (secondary N) is 1. The third kappa shape index (κ3) is 3.47. The highest BCUT2D eigenvalue weighted by molar-refractivity contribution is 6.39. The number of amides is 4. The van der Waals surface area contributed by atoms with Crippen molar-refractivity contribution < 1.29 is 23.9 Å². The Balaban J connectivity index is 2.05. The smallest absolute Gasteiger partial charge is 0.335 e. The lowest BCUT2D eigenvalue weighted by atomic mass is 10.1. The fourth-order valence-electron chi connectivity index (χ4n) is 2.57. The minimum absolute atomic E-state index is 0.227. The number of aromatic nitrogens is 1. The first-order valence-electron chi connectivity index (χ1n) is 7.69. The van der Waals surface area contributed by atoms with E-state index in [1.165, 1.54) is 50.9 Å². The lowest BCUT2D eigenvalue weighted by Crippen LogP contribution is -2.54. The van der Waals surface area contributed by atoms with Gasteiger partial charge in [0.1, 0.15) is 5.57 Å². The Bertz CT molecular complexity index is 959. The van der Waals surface area contributed by atoms with Gasteiger partial charge < -0.3 is 9.47 Å². The van der Waals surface area contributed by atoms with E-state index in [-0.39, 0.29) is 16.3 Å². The molecule has 1 fully saturated rings. The van der Waals surface area contributed by atoms with E-state index in [1.807, 2.05) is 0 Å². The maximum absolute atomic E-state index is 12.8. The zero-order valence-electron chi connectivity index (χ0n) is 14.4. The van der Waals surface area contributed by atoms with Gasteiger partial charge in [0, 0.05) is 12.4 Å². The Labute approximate surface area is 159 Å². The summed E-state index contributed by atoms with van der Waals surface area (Å²) in [6.07, 6.45) is 4.19. The number of rotatable bonds is 4. The monoisotopic (exact) mass is 387 g/mol. The van der Waals surface area contributed by atoms with Crippen molar-refractivity contribution >= 4 is 41.2 Å². The summed E-state index contributed by atoms with van der Waals surface area (Å²) < 4.78 is 10.4. The molecule has 3 rings (SSSR count). The molecule has 0 radical (unpaired) electrons. The normalized spacial score (nSPS) is 15.7. The summed E-state index contributed by atoms with van der Waals surface area (Å²) in [6.45, 7) is 0. The Morgan fingerprint density at radius 3 is 2.44 bits per heavy atom. The number of nitrogens with zero attached hydrogens (tertiary/aromatic N) is 2. The molecule has 8 nitrogen and oxygen atoms in total. The number of imide groups is 2. The molecule has 4 amide bonds. The van der Waals surface area contributed by atoms with E-state index in [0.717, 1.165) is 4.90 Å². The van der Waals surface area contributed by atoms with Crippen LogP contribution in [0.4, 0.5) is 10.5 Å². The van der Waals surface area contributed by atoms with Crippen molar-refractivity contribution in [2.75, 3.05) is 19.1 Å². The average molecular weight is 388 g/mol. The quantitative estimate of drug-likeness (QED) is 0.639. The Morgan fingerprint density at radius 1 is 1.11 bits per heavy atom. The molecule has 9 heteroatoms. The largest absolute Gasteiger partial charge is 0.493 e. The number of hydrogen-bond donors (Lipinski definition) is 1. The maximum Gasteiger partial charge on any atom is 0.335 e. The molecule has 0 atom stereocenters. The van der Waals surface area contributed by atoms with Gasteiger partial charge in [0.25, 0.3) is 11.8 Å². The van der Waals surface area contributed by atoms with Crippen LogP contribution in [0, 0.1) is 0 Å². The number of anilines is 1. The molecule has 1 aromatic heterocycles. The summed E-state index contributed by atoms with van der Waals surface area (Å²) in [5.74, 6) is -0.904. The molecule has 138 valence electrons. The van der Waals surface area contributed by atoms with Crippen LogP contribution in [-0.4, -0.2) is 37.0 Å². The summed E-state index contributed by atoms with van der Waals surface area (Å²) in [7, 11) is 2.88. The molecule has 0 unspecified atom stereocenters. The topological polar surface area (TPSA) is 97.8 Å². The predicted molar refractivity (Wildman–Crippen MR) is 97.8 cm³/mol. The van der Waals surface area contributed by atoms with Crippen molar-refractivity contribution in [3.05, 3.63) is 52.8 Å². The van der Waals surface area contributed by atoms with Gasteiger partial charge in [-0.2, -0.15) is 0 Å². The zero-order chi connectivity index (χ0) is 19.6. The number of barbiturate groups is 1. The van der Waals surface area contributed by atoms with Gasteiger partial charge in [-0.3, -0.25) is 19.9 Å². The number of pyridine rings is 1. The van der Waals surface area contributed by atoms with Gasteiger partial charge in [-0.1, -0.05) is 11.6 Å². The lowest BCUT2D eigenvalue weighted by Gasteiger charge is -2.26. The summed E-state index contributed by atoms with van der Waals surface area (Å²) in [5.41, 5.74) is 0.492. The van der Waals surface area contributed by atoms with Gasteiger partial charge >= 0.3 is 6.03 Å². The van der Waals surface area contributed by atoms with Gasteiger partial charge in [0.05, 0.1) is 24.9 Å². The SMILES string of the molecule is COc1cc(/C=C2\C(=O)NC(=O)N(c3ccncc3)C2=O)cc(Cl)c1OC. The first-order valence-corrected chi connectivity index (χ1v) is 8.07. The van der Waals surface area contributed by atoms with Crippen molar-refractivity contribution in [3.63, 3.8) is 0 Å². The number of carbonyl (C=O) groups excluding carboxylic acids is 3. The van der Waals surface area contributed by atoms with E-state index in [2.05, 4.69) is 10.3 Å². The third-order valence-electron chi connectivity index (χ3n) is 3.79. The summed E-state index contributed by atoms with van der Waals surface area (Å²) in [4.78, 5) is 41.8. The molecular formula is C18H14ClN3O5. The van der Waals surface area contributed by atoms with Crippen LogP contribution in [-0.2, 0) is 9.59 Å². The van der Waals surface area contributed by atoms with Crippen molar-refractivity contribution in [1.82, 2.24) is 10.3 Å². The van der Waals surface area contributed by atoms with Crippen LogP contribution >= 0.6 is 11.6 Å². The third-order valence-corrected chi connectivity index (χ3v) is 4.07. The number of carbonyl (C=O) groups is 3. The molecule has 1 N–H and O–H groups in total. The number of halogens is 1. The Hall–Kier alpha value is -3.39. The summed E-state index contributed by atoms with van der Waals surface area (Å²) in [6, 6.07) is 5.21. The molecule has 2 heterocycles. The number of hydrogen-bond acceptors (Lipinski definition) is 6. The molecule has 0 aliphatic carbocycles. The Kier molecular flexibility index (Phi) is 5.09. The van der Waals surface area contributed by atoms with Crippen LogP contribution in [0.3, 0.4) is 0 Å². The van der Waals surface area contributed by atoms with Crippen molar-refractivity contribution in [2.45, 2.75) is 0 Å². The summed E-state index contributed by atoms with van der Waals surface area (Å²) in [5, 5.41) is 2.39. The fraction of sp³-hybridized carbons (Fsp3) is 0.111. The predicted octanol–water partition coefficient (Wildman–Crippen LogP) is 2.42. The summed E-state index contributed by atoms with van der Waals surface area (Å²) >= 11 is 6.16. The number of ether oxygens (including phenoxy) is 2. The van der Waals surface area contributed by atoms with E-state index in [1.54, 1.807) is 6.07 Å². The fourth-order valence-corrected chi connectivity index (χ4v) is 2.87. The highest BCUT2D eigenvalue weighted by atomic mass is 35.5. The zero-order valence-corrected chi connectivity index (χ0v) is 15.1. The number of urea groups is 1. The highest BCUT2D eigenvalue weighted by Crippen LogP contribution is 2.36. The maximum atomic E-state index is 12.8. The molecule has 2 aromatic rings. The molecule has 1 aliphatic heterocycles. The second-order valence-corrected chi connectivity index (χ2v) is 5.81. The average Bonchev–Trinajstić information content (AvgIpc) is 2.65.